The first-order valence-corrected chi connectivity index (χ1v) is 10.4. The molecule has 2 aliphatic heterocycles. The molecule has 2 heterocycles. The van der Waals surface area contributed by atoms with Crippen LogP contribution in [0.1, 0.15) is 18.4 Å². The SMILES string of the molecule is COc1ccc(C[C@H]2NC[C@H](O)[C@H]2OC(=O)NCC2CCSCC2)cc1. The third-order valence-electron chi connectivity index (χ3n) is 5.10. The first kappa shape index (κ1) is 19.3. The highest BCUT2D eigenvalue weighted by atomic mass is 32.2. The average molecular weight is 381 g/mol. The summed E-state index contributed by atoms with van der Waals surface area (Å²) < 4.78 is 10.7. The van der Waals surface area contributed by atoms with Crippen molar-refractivity contribution < 1.29 is 19.4 Å². The van der Waals surface area contributed by atoms with E-state index < -0.39 is 18.3 Å². The van der Waals surface area contributed by atoms with Crippen LogP contribution in [0.15, 0.2) is 24.3 Å². The van der Waals surface area contributed by atoms with Gasteiger partial charge in [0, 0.05) is 13.1 Å². The van der Waals surface area contributed by atoms with Gasteiger partial charge in [-0.05, 0) is 54.4 Å². The quantitative estimate of drug-likeness (QED) is 0.699. The summed E-state index contributed by atoms with van der Waals surface area (Å²) in [7, 11) is 1.64. The molecular weight excluding hydrogens is 352 g/mol. The molecule has 6 nitrogen and oxygen atoms in total. The number of benzene rings is 1. The van der Waals surface area contributed by atoms with Crippen molar-refractivity contribution in [3.05, 3.63) is 29.8 Å². The highest BCUT2D eigenvalue weighted by molar-refractivity contribution is 7.99. The third-order valence-corrected chi connectivity index (χ3v) is 6.15. The molecule has 0 unspecified atom stereocenters. The molecule has 3 N–H and O–H groups in total. The molecule has 3 atom stereocenters. The van der Waals surface area contributed by atoms with Crippen molar-refractivity contribution in [1.29, 1.82) is 0 Å². The normalized spacial score (nSPS) is 26.5. The molecule has 0 aromatic heterocycles. The van der Waals surface area contributed by atoms with Crippen LogP contribution in [0.4, 0.5) is 4.79 Å². The number of alkyl carbamates (subject to hydrolysis) is 1. The van der Waals surface area contributed by atoms with Gasteiger partial charge in [0.1, 0.15) is 18.0 Å². The van der Waals surface area contributed by atoms with Crippen molar-refractivity contribution in [1.82, 2.24) is 10.6 Å². The molecule has 0 aliphatic carbocycles. The number of carbonyl (C=O) groups excluding carboxylic acids is 1. The van der Waals surface area contributed by atoms with E-state index in [-0.39, 0.29) is 6.04 Å². The summed E-state index contributed by atoms with van der Waals surface area (Å²) in [5.41, 5.74) is 1.10. The first-order valence-electron chi connectivity index (χ1n) is 9.22. The van der Waals surface area contributed by atoms with Crippen molar-refractivity contribution in [2.24, 2.45) is 5.92 Å². The van der Waals surface area contributed by atoms with E-state index in [4.69, 9.17) is 9.47 Å². The molecule has 7 heteroatoms. The van der Waals surface area contributed by atoms with Crippen LogP contribution in [0.5, 0.6) is 5.75 Å². The van der Waals surface area contributed by atoms with Gasteiger partial charge >= 0.3 is 6.09 Å². The summed E-state index contributed by atoms with van der Waals surface area (Å²) >= 11 is 1.97. The fourth-order valence-corrected chi connectivity index (χ4v) is 4.68. The van der Waals surface area contributed by atoms with E-state index >= 15 is 0 Å². The Morgan fingerprint density at radius 3 is 2.73 bits per heavy atom. The fourth-order valence-electron chi connectivity index (χ4n) is 3.48. The number of rotatable bonds is 6. The lowest BCUT2D eigenvalue weighted by atomic mass is 10.0. The van der Waals surface area contributed by atoms with Gasteiger partial charge in [-0.25, -0.2) is 4.79 Å². The molecule has 0 saturated carbocycles. The predicted octanol–water partition coefficient (Wildman–Crippen LogP) is 1.81. The molecule has 1 aromatic carbocycles. The minimum Gasteiger partial charge on any atom is -0.497 e. The van der Waals surface area contributed by atoms with Crippen molar-refractivity contribution in [3.63, 3.8) is 0 Å². The Balaban J connectivity index is 1.49. The highest BCUT2D eigenvalue weighted by Gasteiger charge is 2.37. The van der Waals surface area contributed by atoms with Crippen LogP contribution < -0.4 is 15.4 Å². The number of ether oxygens (including phenoxy) is 2. The van der Waals surface area contributed by atoms with Crippen molar-refractivity contribution in [2.45, 2.75) is 37.5 Å². The average Bonchev–Trinajstić information content (AvgIpc) is 3.01. The molecule has 1 amide bonds. The zero-order chi connectivity index (χ0) is 18.4. The molecular formula is C19H28N2O4S. The number of amides is 1. The zero-order valence-electron chi connectivity index (χ0n) is 15.1. The van der Waals surface area contributed by atoms with Crippen molar-refractivity contribution in [2.75, 3.05) is 31.7 Å². The lowest BCUT2D eigenvalue weighted by molar-refractivity contribution is 0.0185. The fraction of sp³-hybridized carbons (Fsp3) is 0.632. The van der Waals surface area contributed by atoms with Crippen molar-refractivity contribution >= 4 is 17.9 Å². The maximum absolute atomic E-state index is 12.2. The number of hydrogen-bond donors (Lipinski definition) is 3. The maximum atomic E-state index is 12.2. The van der Waals surface area contributed by atoms with Crippen LogP contribution in [0, 0.1) is 5.92 Å². The molecule has 26 heavy (non-hydrogen) atoms. The van der Waals surface area contributed by atoms with Crippen LogP contribution in [-0.4, -0.2) is 61.2 Å². The Labute approximate surface area is 159 Å². The standard InChI is InChI=1S/C19H28N2O4S/c1-24-15-4-2-13(3-5-15)10-16-18(17(22)12-20-16)25-19(23)21-11-14-6-8-26-9-7-14/h2-5,14,16-18,20,22H,6-12H2,1H3,(H,21,23)/t16-,17+,18+/m1/s1. The number of thioether (sulfide) groups is 1. The molecule has 144 valence electrons. The summed E-state index contributed by atoms with van der Waals surface area (Å²) in [5.74, 6) is 3.67. The summed E-state index contributed by atoms with van der Waals surface area (Å²) in [6.07, 6.45) is 1.29. The number of β-amino-alcohol motifs (C(OH)–C–C–N with tert-alkyl or cyclic N) is 1. The summed E-state index contributed by atoms with van der Waals surface area (Å²) in [4.78, 5) is 12.2. The van der Waals surface area contributed by atoms with Gasteiger partial charge in [0.15, 0.2) is 0 Å². The summed E-state index contributed by atoms with van der Waals surface area (Å²) in [6.45, 7) is 1.08. The molecule has 3 rings (SSSR count). The molecule has 1 aromatic rings. The molecule has 0 radical (unpaired) electrons. The van der Waals surface area contributed by atoms with E-state index in [0.717, 1.165) is 35.7 Å². The van der Waals surface area contributed by atoms with Crippen molar-refractivity contribution in [3.8, 4) is 5.75 Å². The van der Waals surface area contributed by atoms with E-state index in [0.29, 0.717) is 25.4 Å². The Hall–Kier alpha value is -1.44. The summed E-state index contributed by atoms with van der Waals surface area (Å²) in [6, 6.07) is 7.69. The second-order valence-corrected chi connectivity index (χ2v) is 8.17. The van der Waals surface area contributed by atoms with E-state index in [9.17, 15) is 9.90 Å². The lowest BCUT2D eigenvalue weighted by Gasteiger charge is -2.24. The van der Waals surface area contributed by atoms with E-state index in [2.05, 4.69) is 10.6 Å². The van der Waals surface area contributed by atoms with Crippen LogP contribution in [-0.2, 0) is 11.2 Å². The summed E-state index contributed by atoms with van der Waals surface area (Å²) in [5, 5.41) is 16.3. The number of nitrogens with one attached hydrogen (secondary N) is 2. The van der Waals surface area contributed by atoms with Crippen LogP contribution in [0.25, 0.3) is 0 Å². The lowest BCUT2D eigenvalue weighted by Crippen LogP contribution is -2.42. The molecule has 0 spiro atoms. The van der Waals surface area contributed by atoms with Gasteiger partial charge in [0.05, 0.1) is 13.2 Å². The van der Waals surface area contributed by atoms with Gasteiger partial charge in [0.25, 0.3) is 0 Å². The molecule has 2 saturated heterocycles. The van der Waals surface area contributed by atoms with Crippen LogP contribution >= 0.6 is 11.8 Å². The van der Waals surface area contributed by atoms with Gasteiger partial charge in [-0.15, -0.1) is 0 Å². The van der Waals surface area contributed by atoms with Gasteiger partial charge in [-0.1, -0.05) is 12.1 Å². The smallest absolute Gasteiger partial charge is 0.407 e. The van der Waals surface area contributed by atoms with Crippen LogP contribution in [0.3, 0.4) is 0 Å². The van der Waals surface area contributed by atoms with E-state index in [1.165, 1.54) is 0 Å². The minimum absolute atomic E-state index is 0.102. The van der Waals surface area contributed by atoms with Crippen LogP contribution in [0.2, 0.25) is 0 Å². The number of carbonyl (C=O) groups is 1. The predicted molar refractivity (Wildman–Crippen MR) is 103 cm³/mol. The zero-order valence-corrected chi connectivity index (χ0v) is 16.0. The Bertz CT molecular complexity index is 577. The highest BCUT2D eigenvalue weighted by Crippen LogP contribution is 2.22. The van der Waals surface area contributed by atoms with E-state index in [1.54, 1.807) is 7.11 Å². The van der Waals surface area contributed by atoms with Gasteiger partial charge < -0.3 is 25.2 Å². The Morgan fingerprint density at radius 2 is 2.04 bits per heavy atom. The van der Waals surface area contributed by atoms with Gasteiger partial charge in [-0.3, -0.25) is 0 Å². The second-order valence-electron chi connectivity index (χ2n) is 6.94. The largest absolute Gasteiger partial charge is 0.497 e. The maximum Gasteiger partial charge on any atom is 0.407 e. The number of aliphatic hydroxyl groups is 1. The number of hydrogen-bond acceptors (Lipinski definition) is 6. The molecule has 0 bridgehead atoms. The third kappa shape index (κ3) is 5.28. The number of aliphatic hydroxyl groups excluding tert-OH is 1. The molecule has 2 aliphatic rings. The van der Waals surface area contributed by atoms with Gasteiger partial charge in [-0.2, -0.15) is 11.8 Å². The van der Waals surface area contributed by atoms with Gasteiger partial charge in [0.2, 0.25) is 0 Å². The minimum atomic E-state index is -0.685. The topological polar surface area (TPSA) is 79.8 Å². The second kappa shape index (κ2) is 9.48. The Kier molecular flexibility index (Phi) is 7.05. The van der Waals surface area contributed by atoms with E-state index in [1.807, 2.05) is 36.0 Å². The Morgan fingerprint density at radius 1 is 1.31 bits per heavy atom. The molecule has 2 fully saturated rings. The first-order chi connectivity index (χ1) is 12.7. The monoisotopic (exact) mass is 380 g/mol. The number of methoxy groups -OCH3 is 1.